The molecule has 3 N–H and O–H groups in total. The number of carbonyl (C=O) groups excluding carboxylic acids is 2. The Bertz CT molecular complexity index is 441. The van der Waals surface area contributed by atoms with Crippen molar-refractivity contribution in [2.45, 2.75) is 6.92 Å². The lowest BCUT2D eigenvalue weighted by Gasteiger charge is -2.08. The topological polar surface area (TPSA) is 81.4 Å². The number of nitrogen functional groups attached to an aromatic ring is 1. The van der Waals surface area contributed by atoms with Crippen LogP contribution in [-0.4, -0.2) is 11.9 Å². The highest BCUT2D eigenvalue weighted by atomic mass is 16.5. The fraction of sp³-hybridized carbons (Fsp3) is 0.0909. The number of nitrogens with one attached hydrogen (secondary N) is 1. The Morgan fingerprint density at radius 1 is 1.38 bits per heavy atom. The van der Waals surface area contributed by atoms with E-state index in [0.717, 1.165) is 0 Å². The molecule has 0 radical (unpaired) electrons. The summed E-state index contributed by atoms with van der Waals surface area (Å²) in [6, 6.07) is 6.30. The molecule has 84 valence electrons. The smallest absolute Gasteiger partial charge is 0.338 e. The van der Waals surface area contributed by atoms with Crippen molar-refractivity contribution < 1.29 is 14.3 Å². The molecule has 0 saturated carbocycles. The zero-order chi connectivity index (χ0) is 12.1. The van der Waals surface area contributed by atoms with Crippen LogP contribution in [0.2, 0.25) is 0 Å². The van der Waals surface area contributed by atoms with Gasteiger partial charge in [0.05, 0.1) is 5.56 Å². The van der Waals surface area contributed by atoms with Crippen molar-refractivity contribution in [3.05, 3.63) is 42.0 Å². The van der Waals surface area contributed by atoms with Crippen molar-refractivity contribution in [1.29, 1.82) is 0 Å². The summed E-state index contributed by atoms with van der Waals surface area (Å²) in [7, 11) is 0. The van der Waals surface area contributed by atoms with Crippen molar-refractivity contribution in [1.82, 2.24) is 5.43 Å². The third kappa shape index (κ3) is 2.68. The lowest BCUT2D eigenvalue weighted by molar-refractivity contribution is -0.130. The van der Waals surface area contributed by atoms with E-state index < -0.39 is 11.9 Å². The number of benzene rings is 1. The summed E-state index contributed by atoms with van der Waals surface area (Å²) in [5, 5.41) is 0. The van der Waals surface area contributed by atoms with Gasteiger partial charge in [-0.3, -0.25) is 10.2 Å². The average Bonchev–Trinajstić information content (AvgIpc) is 2.28. The van der Waals surface area contributed by atoms with Crippen molar-refractivity contribution in [3.63, 3.8) is 0 Å². The maximum atomic E-state index is 11.3. The first-order valence-electron chi connectivity index (χ1n) is 4.54. The second-order valence-corrected chi connectivity index (χ2v) is 3.14. The Kier molecular flexibility index (Phi) is 3.79. The first-order chi connectivity index (χ1) is 7.56. The summed E-state index contributed by atoms with van der Waals surface area (Å²) in [6.45, 7) is 4.97. The number of esters is 1. The van der Waals surface area contributed by atoms with Crippen LogP contribution in [0.25, 0.3) is 0 Å². The Morgan fingerprint density at radius 2 is 2.00 bits per heavy atom. The third-order valence-corrected chi connectivity index (χ3v) is 1.81. The number of hydrogen-bond donors (Lipinski definition) is 2. The predicted octanol–water partition coefficient (Wildman–Crippen LogP) is 0.772. The van der Waals surface area contributed by atoms with Gasteiger partial charge in [-0.1, -0.05) is 18.7 Å². The molecule has 0 unspecified atom stereocenters. The first-order valence-corrected chi connectivity index (χ1v) is 4.54. The highest BCUT2D eigenvalue weighted by Gasteiger charge is 2.13. The van der Waals surface area contributed by atoms with Gasteiger partial charge in [0.15, 0.2) is 0 Å². The van der Waals surface area contributed by atoms with Gasteiger partial charge in [-0.2, -0.15) is 0 Å². The monoisotopic (exact) mass is 220 g/mol. The molecule has 1 aromatic carbocycles. The van der Waals surface area contributed by atoms with E-state index in [2.05, 4.69) is 6.58 Å². The first kappa shape index (κ1) is 11.9. The van der Waals surface area contributed by atoms with Crippen LogP contribution in [-0.2, 0) is 4.79 Å². The van der Waals surface area contributed by atoms with Gasteiger partial charge in [0.1, 0.15) is 5.75 Å². The number of ether oxygens (including phenoxy) is 1. The molecule has 0 heterocycles. The quantitative estimate of drug-likeness (QED) is 0.197. The summed E-state index contributed by atoms with van der Waals surface area (Å²) in [4.78, 5) is 22.6. The molecule has 16 heavy (non-hydrogen) atoms. The molecule has 0 spiro atoms. The normalized spacial score (nSPS) is 9.38. The highest BCUT2D eigenvalue weighted by Crippen LogP contribution is 2.18. The molecule has 0 aliphatic carbocycles. The molecule has 0 bridgehead atoms. The maximum absolute atomic E-state index is 11.3. The number of rotatable bonds is 3. The maximum Gasteiger partial charge on any atom is 0.338 e. The van der Waals surface area contributed by atoms with E-state index in [0.29, 0.717) is 0 Å². The molecule has 0 fully saturated rings. The van der Waals surface area contributed by atoms with E-state index in [1.807, 2.05) is 5.43 Å². The van der Waals surface area contributed by atoms with E-state index in [4.69, 9.17) is 10.6 Å². The molecule has 1 amide bonds. The van der Waals surface area contributed by atoms with E-state index in [-0.39, 0.29) is 16.9 Å². The zero-order valence-electron chi connectivity index (χ0n) is 8.82. The minimum absolute atomic E-state index is 0.151. The highest BCUT2D eigenvalue weighted by molar-refractivity contribution is 5.98. The lowest BCUT2D eigenvalue weighted by Crippen LogP contribution is -2.30. The van der Waals surface area contributed by atoms with E-state index in [9.17, 15) is 9.59 Å². The zero-order valence-corrected chi connectivity index (χ0v) is 8.82. The molecule has 0 aliphatic heterocycles. The van der Waals surface area contributed by atoms with Crippen molar-refractivity contribution in [2.24, 2.45) is 5.84 Å². The average molecular weight is 220 g/mol. The van der Waals surface area contributed by atoms with Crippen LogP contribution >= 0.6 is 0 Å². The second kappa shape index (κ2) is 5.09. The molecule has 5 heteroatoms. The molecule has 0 aromatic heterocycles. The van der Waals surface area contributed by atoms with Gasteiger partial charge < -0.3 is 4.74 Å². The van der Waals surface area contributed by atoms with E-state index in [1.54, 1.807) is 12.1 Å². The van der Waals surface area contributed by atoms with Crippen molar-refractivity contribution in [3.8, 4) is 5.75 Å². The van der Waals surface area contributed by atoms with Gasteiger partial charge in [-0.25, -0.2) is 10.6 Å². The van der Waals surface area contributed by atoms with Crippen molar-refractivity contribution >= 4 is 11.9 Å². The number of para-hydroxylation sites is 1. The van der Waals surface area contributed by atoms with Gasteiger partial charge in [0.25, 0.3) is 5.91 Å². The Labute approximate surface area is 92.9 Å². The fourth-order valence-electron chi connectivity index (χ4n) is 1.01. The van der Waals surface area contributed by atoms with Gasteiger partial charge in [-0.15, -0.1) is 0 Å². The molecule has 1 rings (SSSR count). The summed E-state index contributed by atoms with van der Waals surface area (Å²) in [5.41, 5.74) is 2.42. The number of nitrogens with two attached hydrogens (primary N) is 1. The number of hydrazine groups is 1. The molecule has 0 atom stereocenters. The van der Waals surface area contributed by atoms with Gasteiger partial charge in [0, 0.05) is 5.57 Å². The summed E-state index contributed by atoms with van der Waals surface area (Å²) in [6.07, 6.45) is 0. The fourth-order valence-corrected chi connectivity index (χ4v) is 1.01. The van der Waals surface area contributed by atoms with Crippen molar-refractivity contribution in [2.75, 3.05) is 0 Å². The van der Waals surface area contributed by atoms with Crippen LogP contribution in [0.5, 0.6) is 5.75 Å². The standard InChI is InChI=1S/C11H12N2O3/c1-7(2)11(15)16-9-6-4-3-5-8(9)10(14)13-12/h3-6H,1,12H2,2H3,(H,13,14). The lowest BCUT2D eigenvalue weighted by atomic mass is 10.2. The largest absolute Gasteiger partial charge is 0.422 e. The van der Waals surface area contributed by atoms with Crippen LogP contribution in [0.15, 0.2) is 36.4 Å². The minimum atomic E-state index is -0.586. The molecule has 5 nitrogen and oxygen atoms in total. The van der Waals surface area contributed by atoms with Crippen LogP contribution in [0, 0.1) is 0 Å². The van der Waals surface area contributed by atoms with Gasteiger partial charge in [0.2, 0.25) is 0 Å². The molecular weight excluding hydrogens is 208 g/mol. The van der Waals surface area contributed by atoms with Gasteiger partial charge in [-0.05, 0) is 19.1 Å². The van der Waals surface area contributed by atoms with Crippen LogP contribution in [0.3, 0.4) is 0 Å². The SMILES string of the molecule is C=C(C)C(=O)Oc1ccccc1C(=O)NN. The van der Waals surface area contributed by atoms with Crippen LogP contribution < -0.4 is 16.0 Å². The molecule has 1 aromatic rings. The predicted molar refractivity (Wildman–Crippen MR) is 58.5 cm³/mol. The Morgan fingerprint density at radius 3 is 2.56 bits per heavy atom. The summed E-state index contributed by atoms with van der Waals surface area (Å²) >= 11 is 0. The Hall–Kier alpha value is -2.14. The van der Waals surface area contributed by atoms with Crippen LogP contribution in [0.4, 0.5) is 0 Å². The number of carbonyl (C=O) groups is 2. The summed E-state index contributed by atoms with van der Waals surface area (Å²) in [5.74, 6) is 4.05. The number of hydrogen-bond acceptors (Lipinski definition) is 4. The van der Waals surface area contributed by atoms with Crippen LogP contribution in [0.1, 0.15) is 17.3 Å². The van der Waals surface area contributed by atoms with E-state index in [1.165, 1.54) is 19.1 Å². The minimum Gasteiger partial charge on any atom is -0.422 e. The third-order valence-electron chi connectivity index (χ3n) is 1.81. The van der Waals surface area contributed by atoms with E-state index >= 15 is 0 Å². The number of amides is 1. The molecule has 0 saturated heterocycles. The van der Waals surface area contributed by atoms with Gasteiger partial charge >= 0.3 is 5.97 Å². The molecule has 0 aliphatic rings. The summed E-state index contributed by atoms with van der Waals surface area (Å²) < 4.78 is 4.98. The Balaban J connectivity index is 3.00. The molecular formula is C11H12N2O3. The second-order valence-electron chi connectivity index (χ2n) is 3.14.